The van der Waals surface area contributed by atoms with Gasteiger partial charge in [-0.2, -0.15) is 33.7 Å². The largest absolute Gasteiger partial charge is 1.00 e. The molecule has 0 saturated heterocycles. The summed E-state index contributed by atoms with van der Waals surface area (Å²) in [5.74, 6) is -26.2. The summed E-state index contributed by atoms with van der Waals surface area (Å²) >= 11 is 0. The fraction of sp³-hybridized carbons (Fsp3) is 0.800. The summed E-state index contributed by atoms with van der Waals surface area (Å²) in [4.78, 5) is 187. The molecule has 12 N–H and O–H groups in total. The molecule has 0 saturated carbocycles. The molecule has 132 heavy (non-hydrogen) atoms. The van der Waals surface area contributed by atoms with Crippen molar-refractivity contribution in [3.63, 3.8) is 0 Å². The third kappa shape index (κ3) is 72.5. The molecule has 0 rings (SSSR count). The minimum absolute atomic E-state index is 0. The topological polar surface area (TPSA) is 758 Å². The number of hydrogen-bond donors (Lipinski definition) is 12. The van der Waals surface area contributed by atoms with Gasteiger partial charge in [-0.05, 0) is 25.7 Å². The summed E-state index contributed by atoms with van der Waals surface area (Å²) in [7, 11) is -20.7. The quantitative estimate of drug-likeness (QED) is 0.0153. The maximum atomic E-state index is 12.5. The van der Waals surface area contributed by atoms with E-state index >= 15 is 0 Å². The Balaban J connectivity index is -0.000000256. The van der Waals surface area contributed by atoms with E-state index in [1.807, 2.05) is 0 Å². The van der Waals surface area contributed by atoms with Crippen molar-refractivity contribution in [1.29, 1.82) is 0 Å². The molecule has 0 aliphatic heterocycles. The van der Waals surface area contributed by atoms with Gasteiger partial charge >= 0.3 is 166 Å². The first-order valence-corrected chi connectivity index (χ1v) is 49.3. The number of carboxylic acids is 12. The van der Waals surface area contributed by atoms with Crippen LogP contribution in [0.15, 0.2) is 0 Å². The second kappa shape index (κ2) is 82.1. The summed E-state index contributed by atoms with van der Waals surface area (Å²) in [6.07, 6.45) is 29.7. The smallest absolute Gasteiger partial charge is 0.549 e. The van der Waals surface area contributed by atoms with Crippen LogP contribution in [0.25, 0.3) is 0 Å². The van der Waals surface area contributed by atoms with Gasteiger partial charge in [-0.1, -0.05) is 259 Å². The maximum Gasteiger partial charge on any atom is 1.00 e. The predicted molar refractivity (Wildman–Crippen MR) is 449 cm³/mol. The number of carboxylic acid groups (broad SMARTS) is 12. The van der Waals surface area contributed by atoms with Crippen molar-refractivity contribution in [1.82, 2.24) is 19.6 Å². The van der Waals surface area contributed by atoms with Crippen LogP contribution in [0, 0.1) is 0 Å². The van der Waals surface area contributed by atoms with Crippen LogP contribution in [0.3, 0.4) is 0 Å². The van der Waals surface area contributed by atoms with Crippen LogP contribution in [0.2, 0.25) is 0 Å². The van der Waals surface area contributed by atoms with Gasteiger partial charge in [0.1, 0.15) is 45.2 Å². The Morgan fingerprint density at radius 2 is 0.326 bits per heavy atom. The zero-order valence-corrected chi connectivity index (χ0v) is 88.9. The van der Waals surface area contributed by atoms with Crippen LogP contribution < -0.4 is 139 Å². The van der Waals surface area contributed by atoms with Gasteiger partial charge in [0.25, 0.3) is 40.5 Å². The van der Waals surface area contributed by atoms with Crippen molar-refractivity contribution in [3.05, 3.63) is 0 Å². The molecule has 0 aliphatic rings. The van der Waals surface area contributed by atoms with Crippen LogP contribution in [-0.4, -0.2) is 279 Å². The molecule has 52 heteroatoms. The third-order valence-corrected chi connectivity index (χ3v) is 24.7. The second-order valence-corrected chi connectivity index (χ2v) is 37.4. The van der Waals surface area contributed by atoms with Gasteiger partial charge in [0, 0.05) is 26.2 Å². The van der Waals surface area contributed by atoms with E-state index in [4.69, 9.17) is 38.6 Å². The molecule has 0 fully saturated rings. The fourth-order valence-electron chi connectivity index (χ4n) is 13.2. The van der Waals surface area contributed by atoms with E-state index in [-0.39, 0.29) is 144 Å². The van der Waals surface area contributed by atoms with E-state index in [9.17, 15) is 151 Å². The first-order valence-electron chi connectivity index (χ1n) is 43.3. The zero-order chi connectivity index (χ0) is 98.9. The molecule has 0 aromatic carbocycles. The number of aliphatic carboxylic acids is 12. The predicted octanol–water partition coefficient (Wildman–Crippen LogP) is -7.74. The summed E-state index contributed by atoms with van der Waals surface area (Å²) in [5, 5.41) is 107. The summed E-state index contributed by atoms with van der Waals surface area (Å²) in [6.45, 7) is 7.80. The Morgan fingerprint density at radius 3 is 0.417 bits per heavy atom. The van der Waals surface area contributed by atoms with Crippen LogP contribution in [0.1, 0.15) is 336 Å². The average Bonchev–Trinajstić information content (AvgIpc) is 0.846. The standard InChI is InChI=1S/4C20H35NO10S.4Na/c4*1-2-3-4-5-6-7-8-9-10-11-12-21(15(19(25)26)13-18(23)24)17(22)14-16(20(27)28)32(29,30)31;;;;/h4*15-16H,2-14H2,1H3,(H,23,24)(H,25,26)(H,27,28)(H,29,30,31);;;;/q;;;;4*+1/p-4. The molecule has 8 unspecified atom stereocenters. The van der Waals surface area contributed by atoms with E-state index in [2.05, 4.69) is 27.7 Å². The van der Waals surface area contributed by atoms with Gasteiger partial charge in [0.2, 0.25) is 23.6 Å². The summed E-state index contributed by atoms with van der Waals surface area (Å²) in [6, 6.07) is -7.21. The fourth-order valence-corrected chi connectivity index (χ4v) is 15.6. The van der Waals surface area contributed by atoms with Crippen molar-refractivity contribution in [2.24, 2.45) is 0 Å². The maximum absolute atomic E-state index is 12.5. The molecule has 0 bridgehead atoms. The number of carbonyl (C=O) groups excluding carboxylic acids is 8. The number of nitrogens with zero attached hydrogens (tertiary/aromatic N) is 4. The molecule has 8 atom stereocenters. The molecular weight excluding hydrogens is 1880 g/mol. The number of carbonyl (C=O) groups is 16. The number of unbranched alkanes of at least 4 members (excludes halogenated alkanes) is 36. The van der Waals surface area contributed by atoms with Crippen LogP contribution in [-0.2, 0) is 117 Å². The third-order valence-electron chi connectivity index (χ3n) is 20.3. The van der Waals surface area contributed by atoms with Crippen LogP contribution >= 0.6 is 0 Å². The monoisotopic (exact) mass is 2010 g/mol. The SMILES string of the molecule is CCCCCCCCCCCCN(C(=O)CC(C(=O)[O-])S(=O)(=O)O)C(CC(=O)O)C(=O)O.CCCCCCCCCCCCN(C(=O)CC(C(=O)[O-])S(=O)(=O)O)C(CC(=O)O)C(=O)O.CCCCCCCCCCCCN(C(=O)CC(C(=O)[O-])S(=O)(=O)O)C(CC(=O)O)C(=O)O.CCCCCCCCCCCCN(C(=O)CC(C(=O)[O-])S(=O)(=O)O)C(CC(=O)O)C(=O)O.[Na+].[Na+].[Na+].[Na+]. The van der Waals surface area contributed by atoms with Crippen molar-refractivity contribution in [2.75, 3.05) is 26.2 Å². The van der Waals surface area contributed by atoms with Gasteiger partial charge < -0.3 is 100 Å². The summed E-state index contributed by atoms with van der Waals surface area (Å²) in [5.41, 5.74) is 0. The summed E-state index contributed by atoms with van der Waals surface area (Å²) < 4.78 is 126. The van der Waals surface area contributed by atoms with Crippen molar-refractivity contribution >= 4 is 136 Å². The van der Waals surface area contributed by atoms with E-state index < -0.39 is 232 Å². The van der Waals surface area contributed by atoms with Crippen LogP contribution in [0.5, 0.6) is 0 Å². The molecule has 44 nitrogen and oxygen atoms in total. The van der Waals surface area contributed by atoms with Crippen molar-refractivity contribution in [2.45, 2.75) is 381 Å². The molecule has 0 heterocycles. The second-order valence-electron chi connectivity index (χ2n) is 31.0. The Labute approximate surface area is 862 Å². The minimum atomic E-state index is -5.18. The normalized spacial score (nSPS) is 12.9. The Hall–Kier alpha value is -4.84. The van der Waals surface area contributed by atoms with Crippen molar-refractivity contribution < 1.29 is 308 Å². The van der Waals surface area contributed by atoms with Gasteiger partial charge in [0.05, 0.1) is 75.2 Å². The number of rotatable bonds is 76. The molecule has 744 valence electrons. The van der Waals surface area contributed by atoms with Gasteiger partial charge in [0.15, 0.2) is 0 Å². The van der Waals surface area contributed by atoms with Crippen LogP contribution in [0.4, 0.5) is 0 Å². The first-order chi connectivity index (χ1) is 59.6. The molecular formula is C80H136N4Na4O40S4. The van der Waals surface area contributed by atoms with Gasteiger partial charge in [-0.3, -0.25) is 56.6 Å². The first kappa shape index (κ1) is 143. The number of amides is 4. The molecule has 0 aromatic heterocycles. The van der Waals surface area contributed by atoms with E-state index in [0.717, 1.165) is 103 Å². The average molecular weight is 2010 g/mol. The van der Waals surface area contributed by atoms with E-state index in [1.165, 1.54) is 103 Å². The van der Waals surface area contributed by atoms with E-state index in [0.29, 0.717) is 71.0 Å². The van der Waals surface area contributed by atoms with Gasteiger partial charge in [-0.25, -0.2) is 19.2 Å². The molecule has 0 radical (unpaired) electrons. The Morgan fingerprint density at radius 1 is 0.212 bits per heavy atom. The zero-order valence-electron chi connectivity index (χ0n) is 77.6. The van der Waals surface area contributed by atoms with E-state index in [1.54, 1.807) is 0 Å². The molecule has 0 aliphatic carbocycles. The minimum Gasteiger partial charge on any atom is -0.549 e. The van der Waals surface area contributed by atoms with Gasteiger partial charge in [-0.15, -0.1) is 0 Å². The number of hydrogen-bond acceptors (Lipinski definition) is 28. The Bertz CT molecular complexity index is 3400. The molecule has 0 aromatic rings. The molecule has 4 amide bonds. The Kier molecular flexibility index (Phi) is 88.6. The molecule has 0 spiro atoms. The van der Waals surface area contributed by atoms with Crippen molar-refractivity contribution in [3.8, 4) is 0 Å².